The molecule has 1 aromatic rings. The predicted molar refractivity (Wildman–Crippen MR) is 71.0 cm³/mol. The molecule has 1 aliphatic rings. The summed E-state index contributed by atoms with van der Waals surface area (Å²) in [7, 11) is -0.982. The van der Waals surface area contributed by atoms with Gasteiger partial charge in [0.1, 0.15) is 0 Å². The number of hydrogen-bond acceptors (Lipinski definition) is 0. The van der Waals surface area contributed by atoms with Gasteiger partial charge < -0.3 is 0 Å². The lowest BCUT2D eigenvalue weighted by atomic mass is 10.0. The monoisotopic (exact) mass is 216 g/mol. The molecule has 0 atom stereocenters. The number of hydrogen-bond donors (Lipinski definition) is 0. The van der Waals surface area contributed by atoms with Crippen molar-refractivity contribution in [3.05, 3.63) is 41.0 Å². The molecule has 0 N–H and O–H groups in total. The van der Waals surface area contributed by atoms with Gasteiger partial charge in [-0.25, -0.2) is 0 Å². The van der Waals surface area contributed by atoms with Crippen molar-refractivity contribution in [1.29, 1.82) is 0 Å². The summed E-state index contributed by atoms with van der Waals surface area (Å²) >= 11 is 0. The van der Waals surface area contributed by atoms with Gasteiger partial charge >= 0.3 is 0 Å². The van der Waals surface area contributed by atoms with Crippen LogP contribution in [0, 0.1) is 6.92 Å². The molecule has 80 valence electrons. The third-order valence-corrected chi connectivity index (χ3v) is 4.41. The Labute approximate surface area is 94.0 Å². The first-order valence-corrected chi connectivity index (χ1v) is 9.46. The molecule has 0 heterocycles. The maximum Gasteiger partial charge on any atom is 0.0487 e. The molecule has 0 fully saturated rings. The number of benzene rings is 1. The Kier molecular flexibility index (Phi) is 2.59. The summed E-state index contributed by atoms with van der Waals surface area (Å²) in [4.78, 5) is 0. The Morgan fingerprint density at radius 1 is 1.20 bits per heavy atom. The fourth-order valence-electron chi connectivity index (χ4n) is 2.43. The van der Waals surface area contributed by atoms with E-state index in [1.165, 1.54) is 17.2 Å². The van der Waals surface area contributed by atoms with Gasteiger partial charge in [0, 0.05) is 8.07 Å². The molecule has 0 unspecified atom stereocenters. The van der Waals surface area contributed by atoms with E-state index in [9.17, 15) is 0 Å². The van der Waals surface area contributed by atoms with Gasteiger partial charge in [0.25, 0.3) is 0 Å². The molecule has 0 aromatic heterocycles. The third kappa shape index (κ3) is 2.23. The van der Waals surface area contributed by atoms with Crippen molar-refractivity contribution >= 4 is 13.6 Å². The largest absolute Gasteiger partial charge is 0.0766 e. The molecule has 1 heteroatoms. The Balaban J connectivity index is 2.35. The minimum absolute atomic E-state index is 0.982. The highest BCUT2D eigenvalue weighted by atomic mass is 28.3. The van der Waals surface area contributed by atoms with E-state index in [4.69, 9.17) is 0 Å². The van der Waals surface area contributed by atoms with Crippen molar-refractivity contribution in [1.82, 2.24) is 0 Å². The molecule has 0 saturated heterocycles. The topological polar surface area (TPSA) is 0 Å². The standard InChI is InChI=1S/C14H20Si/c1-11-6-5-7-12-8-9-13(14(11)12)10-15(2,3)4/h5-7,9H,8,10H2,1-4H3. The zero-order valence-corrected chi connectivity index (χ0v) is 11.2. The van der Waals surface area contributed by atoms with E-state index in [1.54, 1.807) is 11.1 Å². The summed E-state index contributed by atoms with van der Waals surface area (Å²) in [5, 5.41) is 0. The van der Waals surface area contributed by atoms with Crippen LogP contribution < -0.4 is 0 Å². The second-order valence-electron chi connectivity index (χ2n) is 5.78. The minimum atomic E-state index is -0.982. The lowest BCUT2D eigenvalue weighted by molar-refractivity contribution is 1.28. The van der Waals surface area contributed by atoms with Crippen LogP contribution >= 0.6 is 0 Å². The first-order valence-electron chi connectivity index (χ1n) is 5.75. The van der Waals surface area contributed by atoms with Crippen LogP contribution in [0.2, 0.25) is 25.7 Å². The van der Waals surface area contributed by atoms with E-state index in [0.717, 1.165) is 6.42 Å². The summed E-state index contributed by atoms with van der Waals surface area (Å²) < 4.78 is 0. The summed E-state index contributed by atoms with van der Waals surface area (Å²) in [5.74, 6) is 0. The van der Waals surface area contributed by atoms with Gasteiger partial charge in [0.2, 0.25) is 0 Å². The van der Waals surface area contributed by atoms with E-state index < -0.39 is 8.07 Å². The molecular formula is C14H20Si. The second-order valence-corrected chi connectivity index (χ2v) is 11.3. The van der Waals surface area contributed by atoms with Gasteiger partial charge in [-0.3, -0.25) is 0 Å². The van der Waals surface area contributed by atoms with Gasteiger partial charge in [-0.15, -0.1) is 0 Å². The quantitative estimate of drug-likeness (QED) is 0.648. The average Bonchev–Trinajstić information content (AvgIpc) is 2.47. The number of aryl methyl sites for hydroxylation is 1. The van der Waals surface area contributed by atoms with Crippen LogP contribution in [0.15, 0.2) is 24.3 Å². The van der Waals surface area contributed by atoms with Crippen LogP contribution in [-0.2, 0) is 6.42 Å². The van der Waals surface area contributed by atoms with Gasteiger partial charge in [0.15, 0.2) is 0 Å². The molecular weight excluding hydrogens is 196 g/mol. The van der Waals surface area contributed by atoms with Crippen molar-refractivity contribution in [3.63, 3.8) is 0 Å². The fourth-order valence-corrected chi connectivity index (χ4v) is 3.89. The molecule has 0 radical (unpaired) electrons. The lowest BCUT2D eigenvalue weighted by Gasteiger charge is -2.18. The van der Waals surface area contributed by atoms with Crippen LogP contribution in [0.5, 0.6) is 0 Å². The van der Waals surface area contributed by atoms with Gasteiger partial charge in [-0.1, -0.05) is 43.9 Å². The van der Waals surface area contributed by atoms with Crippen LogP contribution in [0.1, 0.15) is 16.7 Å². The minimum Gasteiger partial charge on any atom is -0.0766 e. The van der Waals surface area contributed by atoms with Crippen molar-refractivity contribution in [2.45, 2.75) is 39.0 Å². The Morgan fingerprint density at radius 2 is 1.93 bits per heavy atom. The molecule has 1 aliphatic carbocycles. The van der Waals surface area contributed by atoms with Crippen molar-refractivity contribution in [2.75, 3.05) is 0 Å². The first-order chi connectivity index (χ1) is 6.97. The van der Waals surface area contributed by atoms with E-state index in [0.29, 0.717) is 0 Å². The van der Waals surface area contributed by atoms with Crippen molar-refractivity contribution in [2.24, 2.45) is 0 Å². The molecule has 0 bridgehead atoms. The summed E-state index contributed by atoms with van der Waals surface area (Å²) in [6.07, 6.45) is 3.59. The Hall–Kier alpha value is -0.823. The van der Waals surface area contributed by atoms with E-state index in [1.807, 2.05) is 0 Å². The molecule has 0 nitrogen and oxygen atoms in total. The highest BCUT2D eigenvalue weighted by Crippen LogP contribution is 2.35. The predicted octanol–water partition coefficient (Wildman–Crippen LogP) is 4.27. The van der Waals surface area contributed by atoms with Crippen LogP contribution in [0.4, 0.5) is 0 Å². The third-order valence-electron chi connectivity index (χ3n) is 2.97. The molecule has 0 saturated carbocycles. The van der Waals surface area contributed by atoms with Gasteiger partial charge in [-0.2, -0.15) is 0 Å². The molecule has 0 aliphatic heterocycles. The maximum absolute atomic E-state index is 2.45. The smallest absolute Gasteiger partial charge is 0.0487 e. The summed E-state index contributed by atoms with van der Waals surface area (Å²) in [6.45, 7) is 9.58. The van der Waals surface area contributed by atoms with Crippen LogP contribution in [0.25, 0.3) is 5.57 Å². The second kappa shape index (κ2) is 3.64. The summed E-state index contributed by atoms with van der Waals surface area (Å²) in [6, 6.07) is 8.02. The van der Waals surface area contributed by atoms with E-state index >= 15 is 0 Å². The lowest BCUT2D eigenvalue weighted by Crippen LogP contribution is -2.19. The Bertz CT molecular complexity index is 408. The van der Waals surface area contributed by atoms with E-state index in [2.05, 4.69) is 50.8 Å². The van der Waals surface area contributed by atoms with Gasteiger partial charge in [0.05, 0.1) is 0 Å². The van der Waals surface area contributed by atoms with Crippen molar-refractivity contribution in [3.8, 4) is 0 Å². The zero-order valence-electron chi connectivity index (χ0n) is 10.2. The van der Waals surface area contributed by atoms with E-state index in [-0.39, 0.29) is 0 Å². The fraction of sp³-hybridized carbons (Fsp3) is 0.429. The van der Waals surface area contributed by atoms with Gasteiger partial charge in [-0.05, 0) is 41.7 Å². The first kappa shape index (κ1) is 10.7. The highest BCUT2D eigenvalue weighted by Gasteiger charge is 2.22. The molecule has 1 aromatic carbocycles. The van der Waals surface area contributed by atoms with Crippen molar-refractivity contribution < 1.29 is 0 Å². The molecule has 0 amide bonds. The zero-order chi connectivity index (χ0) is 11.1. The molecule has 15 heavy (non-hydrogen) atoms. The number of rotatable bonds is 2. The highest BCUT2D eigenvalue weighted by molar-refractivity contribution is 6.77. The SMILES string of the molecule is Cc1cccc2c1C(C[Si](C)(C)C)=CC2. The average molecular weight is 216 g/mol. The normalized spacial score (nSPS) is 15.1. The van der Waals surface area contributed by atoms with Crippen LogP contribution in [0.3, 0.4) is 0 Å². The number of allylic oxidation sites excluding steroid dienone is 2. The summed E-state index contributed by atoms with van der Waals surface area (Å²) in [5.41, 5.74) is 6.15. The molecule has 0 spiro atoms. The maximum atomic E-state index is 2.45. The molecule has 2 rings (SSSR count). The Morgan fingerprint density at radius 3 is 2.60 bits per heavy atom. The van der Waals surface area contributed by atoms with Crippen LogP contribution in [-0.4, -0.2) is 8.07 Å². The number of fused-ring (bicyclic) bond motifs is 1.